The molecule has 1 rings (SSSR count). The van der Waals surface area contributed by atoms with Crippen LogP contribution in [0.5, 0.6) is 5.75 Å². The van der Waals surface area contributed by atoms with E-state index in [0.29, 0.717) is 12.1 Å². The van der Waals surface area contributed by atoms with Crippen LogP contribution < -0.4 is 10.5 Å². The summed E-state index contributed by atoms with van der Waals surface area (Å²) in [7, 11) is 0. The van der Waals surface area contributed by atoms with Gasteiger partial charge in [-0.1, -0.05) is 12.1 Å². The Morgan fingerprint density at radius 3 is 2.86 bits per heavy atom. The van der Waals surface area contributed by atoms with Gasteiger partial charge in [0.1, 0.15) is 6.61 Å². The van der Waals surface area contributed by atoms with Crippen LogP contribution in [0.4, 0.5) is 5.69 Å². The van der Waals surface area contributed by atoms with Gasteiger partial charge in [0.2, 0.25) is 0 Å². The van der Waals surface area contributed by atoms with Crippen LogP contribution in [0.3, 0.4) is 0 Å². The van der Waals surface area contributed by atoms with Gasteiger partial charge in [-0.2, -0.15) is 0 Å². The molecule has 1 aromatic rings. The number of benzene rings is 1. The van der Waals surface area contributed by atoms with E-state index in [1.165, 1.54) is 0 Å². The number of nitro groups is 1. The van der Waals surface area contributed by atoms with Gasteiger partial charge in [-0.3, -0.25) is 10.1 Å². The van der Waals surface area contributed by atoms with Gasteiger partial charge >= 0.3 is 5.69 Å². The molecule has 2 N–H and O–H groups in total. The Morgan fingerprint density at radius 2 is 2.29 bits per heavy atom. The monoisotopic (exact) mass is 196 g/mol. The molecule has 0 saturated carbocycles. The standard InChI is InChI=1S/C9H12N2O3/c1-7-3-2-4-8(14-6-5-10)9(7)11(12)13/h2-4H,5-6,10H2,1H3. The smallest absolute Gasteiger partial charge is 0.313 e. The van der Waals surface area contributed by atoms with Crippen LogP contribution in [0.15, 0.2) is 18.2 Å². The normalized spacial score (nSPS) is 9.86. The molecule has 0 bridgehead atoms. The molecule has 0 spiro atoms. The van der Waals surface area contributed by atoms with Crippen LogP contribution in [0.1, 0.15) is 5.56 Å². The molecular weight excluding hydrogens is 184 g/mol. The van der Waals surface area contributed by atoms with Crippen LogP contribution in [0.2, 0.25) is 0 Å². The molecule has 0 heterocycles. The van der Waals surface area contributed by atoms with E-state index in [4.69, 9.17) is 10.5 Å². The number of ether oxygens (including phenoxy) is 1. The summed E-state index contributed by atoms with van der Waals surface area (Å²) in [5.74, 6) is 0.278. The SMILES string of the molecule is Cc1cccc(OCCN)c1[N+](=O)[O-]. The summed E-state index contributed by atoms with van der Waals surface area (Å²) in [5.41, 5.74) is 5.85. The first-order chi connectivity index (χ1) is 6.66. The Bertz CT molecular complexity index is 339. The Morgan fingerprint density at radius 1 is 1.57 bits per heavy atom. The van der Waals surface area contributed by atoms with E-state index in [9.17, 15) is 10.1 Å². The van der Waals surface area contributed by atoms with Crippen molar-refractivity contribution in [1.29, 1.82) is 0 Å². The number of nitrogens with zero attached hydrogens (tertiary/aromatic N) is 1. The molecule has 0 radical (unpaired) electrons. The van der Waals surface area contributed by atoms with Crippen molar-refractivity contribution in [2.45, 2.75) is 6.92 Å². The summed E-state index contributed by atoms with van der Waals surface area (Å²) in [4.78, 5) is 10.3. The number of nitro benzene ring substituents is 1. The fraction of sp³-hybridized carbons (Fsp3) is 0.333. The molecule has 1 aromatic carbocycles. The molecule has 5 heteroatoms. The number of hydrogen-bond donors (Lipinski definition) is 1. The lowest BCUT2D eigenvalue weighted by atomic mass is 10.2. The second-order valence-electron chi connectivity index (χ2n) is 2.82. The highest BCUT2D eigenvalue weighted by atomic mass is 16.6. The molecule has 0 aliphatic heterocycles. The molecule has 0 aliphatic rings. The third-order valence-electron chi connectivity index (χ3n) is 1.76. The first kappa shape index (κ1) is 10.5. The highest BCUT2D eigenvalue weighted by molar-refractivity contribution is 5.51. The van der Waals surface area contributed by atoms with Crippen molar-refractivity contribution in [3.05, 3.63) is 33.9 Å². The zero-order valence-corrected chi connectivity index (χ0v) is 7.90. The fourth-order valence-electron chi connectivity index (χ4n) is 1.15. The highest BCUT2D eigenvalue weighted by Crippen LogP contribution is 2.29. The Kier molecular flexibility index (Phi) is 3.41. The van der Waals surface area contributed by atoms with Crippen LogP contribution in [-0.2, 0) is 0 Å². The first-order valence-corrected chi connectivity index (χ1v) is 4.23. The van der Waals surface area contributed by atoms with E-state index in [1.54, 1.807) is 25.1 Å². The molecule has 5 nitrogen and oxygen atoms in total. The van der Waals surface area contributed by atoms with Crippen molar-refractivity contribution in [1.82, 2.24) is 0 Å². The van der Waals surface area contributed by atoms with Crippen molar-refractivity contribution in [3.63, 3.8) is 0 Å². The van der Waals surface area contributed by atoms with Crippen molar-refractivity contribution in [3.8, 4) is 5.75 Å². The summed E-state index contributed by atoms with van der Waals surface area (Å²) in [6, 6.07) is 4.96. The second-order valence-corrected chi connectivity index (χ2v) is 2.82. The number of nitrogens with two attached hydrogens (primary N) is 1. The third kappa shape index (κ3) is 2.20. The molecule has 0 fully saturated rings. The van der Waals surface area contributed by atoms with Gasteiger partial charge in [0, 0.05) is 12.1 Å². The van der Waals surface area contributed by atoms with Gasteiger partial charge in [-0.25, -0.2) is 0 Å². The Balaban J connectivity index is 3.02. The fourth-order valence-corrected chi connectivity index (χ4v) is 1.15. The van der Waals surface area contributed by atoms with E-state index in [0.717, 1.165) is 0 Å². The summed E-state index contributed by atoms with van der Waals surface area (Å²) in [5, 5.41) is 10.7. The van der Waals surface area contributed by atoms with Crippen LogP contribution in [0, 0.1) is 17.0 Å². The minimum Gasteiger partial charge on any atom is -0.485 e. The quantitative estimate of drug-likeness (QED) is 0.580. The average Bonchev–Trinajstić information content (AvgIpc) is 2.14. The first-order valence-electron chi connectivity index (χ1n) is 4.23. The topological polar surface area (TPSA) is 78.4 Å². The summed E-state index contributed by atoms with van der Waals surface area (Å²) in [6.07, 6.45) is 0. The van der Waals surface area contributed by atoms with E-state index in [2.05, 4.69) is 0 Å². The zero-order valence-electron chi connectivity index (χ0n) is 7.90. The van der Waals surface area contributed by atoms with Crippen molar-refractivity contribution in [2.75, 3.05) is 13.2 Å². The summed E-state index contributed by atoms with van der Waals surface area (Å²) < 4.78 is 5.16. The maximum Gasteiger partial charge on any atom is 0.313 e. The minimum atomic E-state index is -0.443. The van der Waals surface area contributed by atoms with Gasteiger partial charge < -0.3 is 10.5 Å². The third-order valence-corrected chi connectivity index (χ3v) is 1.76. The van der Waals surface area contributed by atoms with Gasteiger partial charge in [0.15, 0.2) is 5.75 Å². The molecule has 0 aliphatic carbocycles. The number of rotatable bonds is 4. The summed E-state index contributed by atoms with van der Waals surface area (Å²) >= 11 is 0. The van der Waals surface area contributed by atoms with Gasteiger partial charge in [-0.05, 0) is 13.0 Å². The Labute approximate surface area is 81.6 Å². The van der Waals surface area contributed by atoms with E-state index < -0.39 is 4.92 Å². The van der Waals surface area contributed by atoms with Gasteiger partial charge in [0.25, 0.3) is 0 Å². The number of para-hydroxylation sites is 1. The second kappa shape index (κ2) is 4.57. The molecule has 0 atom stereocenters. The molecule has 0 aromatic heterocycles. The maximum atomic E-state index is 10.7. The van der Waals surface area contributed by atoms with E-state index >= 15 is 0 Å². The number of hydrogen-bond acceptors (Lipinski definition) is 4. The predicted octanol–water partition coefficient (Wildman–Crippen LogP) is 1.24. The molecule has 0 amide bonds. The number of aryl methyl sites for hydroxylation is 1. The molecular formula is C9H12N2O3. The predicted molar refractivity (Wildman–Crippen MR) is 52.4 cm³/mol. The molecule has 0 saturated heterocycles. The van der Waals surface area contributed by atoms with Gasteiger partial charge in [-0.15, -0.1) is 0 Å². The van der Waals surface area contributed by atoms with Crippen molar-refractivity contribution in [2.24, 2.45) is 5.73 Å². The van der Waals surface area contributed by atoms with Crippen molar-refractivity contribution >= 4 is 5.69 Å². The van der Waals surface area contributed by atoms with Crippen LogP contribution >= 0.6 is 0 Å². The highest BCUT2D eigenvalue weighted by Gasteiger charge is 2.17. The minimum absolute atomic E-state index is 0.0148. The molecule has 0 unspecified atom stereocenters. The summed E-state index contributed by atoms with van der Waals surface area (Å²) in [6.45, 7) is 2.29. The van der Waals surface area contributed by atoms with Crippen LogP contribution in [0.25, 0.3) is 0 Å². The average molecular weight is 196 g/mol. The molecule has 14 heavy (non-hydrogen) atoms. The van der Waals surface area contributed by atoms with E-state index in [-0.39, 0.29) is 18.0 Å². The molecule has 76 valence electrons. The lowest BCUT2D eigenvalue weighted by Gasteiger charge is -2.06. The lowest BCUT2D eigenvalue weighted by molar-refractivity contribution is -0.386. The van der Waals surface area contributed by atoms with E-state index in [1.807, 2.05) is 0 Å². The maximum absolute atomic E-state index is 10.7. The van der Waals surface area contributed by atoms with Crippen molar-refractivity contribution < 1.29 is 9.66 Å². The largest absolute Gasteiger partial charge is 0.485 e. The van der Waals surface area contributed by atoms with Gasteiger partial charge in [0.05, 0.1) is 4.92 Å². The van der Waals surface area contributed by atoms with Crippen LogP contribution in [-0.4, -0.2) is 18.1 Å². The lowest BCUT2D eigenvalue weighted by Crippen LogP contribution is -2.11. The zero-order chi connectivity index (χ0) is 10.6. The Hall–Kier alpha value is -1.62.